The summed E-state index contributed by atoms with van der Waals surface area (Å²) in [5.41, 5.74) is 1.37. The van der Waals surface area contributed by atoms with Crippen LogP contribution in [0.1, 0.15) is 19.3 Å². The van der Waals surface area contributed by atoms with Crippen molar-refractivity contribution in [1.82, 2.24) is 0 Å². The molecular weight excluding hydrogens is 243 g/mol. The Morgan fingerprint density at radius 2 is 2.29 bits per heavy atom. The van der Waals surface area contributed by atoms with E-state index in [1.54, 1.807) is 6.07 Å². The molecule has 2 aliphatic rings. The van der Waals surface area contributed by atoms with Crippen LogP contribution in [0.3, 0.4) is 0 Å². The highest BCUT2D eigenvalue weighted by atomic mass is 35.5. The van der Waals surface area contributed by atoms with Gasteiger partial charge in [0.2, 0.25) is 5.91 Å². The van der Waals surface area contributed by atoms with Gasteiger partial charge in [-0.1, -0.05) is 11.6 Å². The minimum Gasteiger partial charge on any atom is -0.366 e. The topological polar surface area (TPSA) is 32.3 Å². The van der Waals surface area contributed by atoms with Crippen molar-refractivity contribution in [3.8, 4) is 0 Å². The number of benzene rings is 1. The number of halogens is 2. The van der Waals surface area contributed by atoms with Gasteiger partial charge < -0.3 is 10.2 Å². The second-order valence-corrected chi connectivity index (χ2v) is 4.93. The molecule has 0 aliphatic carbocycles. The molecule has 3 rings (SSSR count). The largest absolute Gasteiger partial charge is 0.366 e. The monoisotopic (exact) mass is 254 g/mol. The van der Waals surface area contributed by atoms with Gasteiger partial charge in [-0.3, -0.25) is 4.79 Å². The maximum absolute atomic E-state index is 13.4. The average Bonchev–Trinajstić information content (AvgIpc) is 2.66. The normalized spacial score (nSPS) is 22.8. The molecule has 1 saturated heterocycles. The van der Waals surface area contributed by atoms with Crippen molar-refractivity contribution >= 4 is 28.9 Å². The van der Waals surface area contributed by atoms with Crippen LogP contribution in [0.5, 0.6) is 0 Å². The lowest BCUT2D eigenvalue weighted by atomic mass is 10.1. The van der Waals surface area contributed by atoms with Crippen molar-refractivity contribution in [2.75, 3.05) is 16.8 Å². The molecule has 17 heavy (non-hydrogen) atoms. The predicted molar refractivity (Wildman–Crippen MR) is 65.0 cm³/mol. The number of fused-ring (bicyclic) bond motifs is 3. The third-order valence-electron chi connectivity index (χ3n) is 3.42. The zero-order chi connectivity index (χ0) is 12.0. The number of carbonyl (C=O) groups excluding carboxylic acids is 1. The van der Waals surface area contributed by atoms with E-state index >= 15 is 0 Å². The summed E-state index contributed by atoms with van der Waals surface area (Å²) in [5, 5.41) is 2.84. The molecule has 5 heteroatoms. The van der Waals surface area contributed by atoms with Gasteiger partial charge in [0.15, 0.2) is 0 Å². The smallest absolute Gasteiger partial charge is 0.226 e. The summed E-state index contributed by atoms with van der Waals surface area (Å²) in [7, 11) is 0. The number of nitrogens with one attached hydrogen (secondary N) is 1. The highest BCUT2D eigenvalue weighted by Crippen LogP contribution is 2.38. The third-order valence-corrected chi connectivity index (χ3v) is 3.71. The standard InChI is InChI=1S/C12H12ClFN2O/c13-8-5-11-10(6-9(8)14)15-12(17)4-7-2-1-3-16(7)11/h5-7H,1-4H2,(H,15,17). The maximum atomic E-state index is 13.4. The van der Waals surface area contributed by atoms with E-state index in [1.807, 2.05) is 0 Å². The van der Waals surface area contributed by atoms with Gasteiger partial charge in [0.1, 0.15) is 5.82 Å². The minimum absolute atomic E-state index is 0.0534. The predicted octanol–water partition coefficient (Wildman–Crippen LogP) is 2.79. The molecule has 2 aliphatic heterocycles. The van der Waals surface area contributed by atoms with Crippen LogP contribution in [-0.4, -0.2) is 18.5 Å². The van der Waals surface area contributed by atoms with Crippen LogP contribution < -0.4 is 10.2 Å². The van der Waals surface area contributed by atoms with Crippen LogP contribution in [0.2, 0.25) is 5.02 Å². The van der Waals surface area contributed by atoms with Crippen molar-refractivity contribution in [2.45, 2.75) is 25.3 Å². The van der Waals surface area contributed by atoms with Gasteiger partial charge in [-0.2, -0.15) is 0 Å². The maximum Gasteiger partial charge on any atom is 0.226 e. The lowest BCUT2D eigenvalue weighted by molar-refractivity contribution is -0.116. The summed E-state index contributed by atoms with van der Waals surface area (Å²) < 4.78 is 13.4. The number of hydrogen-bond acceptors (Lipinski definition) is 2. The SMILES string of the molecule is O=C1CC2CCCN2c2cc(Cl)c(F)cc2N1. The van der Waals surface area contributed by atoms with E-state index in [9.17, 15) is 9.18 Å². The van der Waals surface area contributed by atoms with Gasteiger partial charge in [0.25, 0.3) is 0 Å². The Morgan fingerprint density at radius 3 is 3.12 bits per heavy atom. The fourth-order valence-corrected chi connectivity index (χ4v) is 2.81. The number of hydrogen-bond donors (Lipinski definition) is 1. The Hall–Kier alpha value is -1.29. The van der Waals surface area contributed by atoms with E-state index in [2.05, 4.69) is 10.2 Å². The van der Waals surface area contributed by atoms with Crippen molar-refractivity contribution in [3.63, 3.8) is 0 Å². The van der Waals surface area contributed by atoms with Gasteiger partial charge in [0.05, 0.1) is 16.4 Å². The summed E-state index contributed by atoms with van der Waals surface area (Å²) in [6.07, 6.45) is 2.53. The molecule has 90 valence electrons. The first kappa shape index (κ1) is 10.8. The van der Waals surface area contributed by atoms with Crippen molar-refractivity contribution in [1.29, 1.82) is 0 Å². The molecule has 0 spiro atoms. The number of carbonyl (C=O) groups is 1. The van der Waals surface area contributed by atoms with Gasteiger partial charge in [-0.05, 0) is 18.9 Å². The molecular formula is C12H12ClFN2O. The average molecular weight is 255 g/mol. The second-order valence-electron chi connectivity index (χ2n) is 4.53. The number of nitrogens with zero attached hydrogens (tertiary/aromatic N) is 1. The Kier molecular flexibility index (Phi) is 2.47. The molecule has 2 heterocycles. The van der Waals surface area contributed by atoms with Gasteiger partial charge in [-0.25, -0.2) is 4.39 Å². The van der Waals surface area contributed by atoms with Crippen LogP contribution in [0, 0.1) is 5.82 Å². The Bertz CT molecular complexity index is 492. The van der Waals surface area contributed by atoms with Crippen molar-refractivity contribution < 1.29 is 9.18 Å². The summed E-state index contributed by atoms with van der Waals surface area (Å²) >= 11 is 5.81. The summed E-state index contributed by atoms with van der Waals surface area (Å²) in [4.78, 5) is 13.8. The summed E-state index contributed by atoms with van der Waals surface area (Å²) in [6.45, 7) is 0.897. The number of amides is 1. The number of rotatable bonds is 0. The van der Waals surface area contributed by atoms with Crippen LogP contribution >= 0.6 is 11.6 Å². The lowest BCUT2D eigenvalue weighted by Crippen LogP contribution is -2.29. The van der Waals surface area contributed by atoms with Crippen molar-refractivity contribution in [2.24, 2.45) is 0 Å². The highest BCUT2D eigenvalue weighted by Gasteiger charge is 2.32. The number of anilines is 2. The summed E-state index contributed by atoms with van der Waals surface area (Å²) in [5.74, 6) is -0.550. The van der Waals surface area contributed by atoms with E-state index in [4.69, 9.17) is 11.6 Å². The van der Waals surface area contributed by atoms with E-state index < -0.39 is 5.82 Å². The first-order valence-corrected chi connectivity index (χ1v) is 6.08. The van der Waals surface area contributed by atoms with Crippen LogP contribution in [0.4, 0.5) is 15.8 Å². The van der Waals surface area contributed by atoms with E-state index in [0.29, 0.717) is 12.1 Å². The van der Waals surface area contributed by atoms with Gasteiger partial charge in [-0.15, -0.1) is 0 Å². The fourth-order valence-electron chi connectivity index (χ4n) is 2.65. The molecule has 0 bridgehead atoms. The molecule has 0 aromatic heterocycles. The van der Waals surface area contributed by atoms with Gasteiger partial charge in [0, 0.05) is 25.1 Å². The first-order chi connectivity index (χ1) is 8.15. The van der Waals surface area contributed by atoms with Crippen LogP contribution in [-0.2, 0) is 4.79 Å². The van der Waals surface area contributed by atoms with Crippen LogP contribution in [0.25, 0.3) is 0 Å². The molecule has 3 nitrogen and oxygen atoms in total. The molecule has 0 saturated carbocycles. The van der Waals surface area contributed by atoms with E-state index in [0.717, 1.165) is 25.1 Å². The van der Waals surface area contributed by atoms with Crippen molar-refractivity contribution in [3.05, 3.63) is 23.0 Å². The molecule has 1 aromatic carbocycles. The van der Waals surface area contributed by atoms with E-state index in [-0.39, 0.29) is 17.0 Å². The van der Waals surface area contributed by atoms with E-state index in [1.165, 1.54) is 6.07 Å². The molecule has 1 N–H and O–H groups in total. The minimum atomic E-state index is -0.497. The fraction of sp³-hybridized carbons (Fsp3) is 0.417. The molecule has 1 fully saturated rings. The molecule has 0 radical (unpaired) electrons. The molecule has 1 amide bonds. The quantitative estimate of drug-likeness (QED) is 0.772. The Labute approximate surface area is 104 Å². The zero-order valence-electron chi connectivity index (χ0n) is 9.17. The zero-order valence-corrected chi connectivity index (χ0v) is 9.93. The van der Waals surface area contributed by atoms with Crippen LogP contribution in [0.15, 0.2) is 12.1 Å². The molecule has 1 unspecified atom stereocenters. The second kappa shape index (κ2) is 3.88. The third kappa shape index (κ3) is 1.76. The van der Waals surface area contributed by atoms with Gasteiger partial charge >= 0.3 is 0 Å². The lowest BCUT2D eigenvalue weighted by Gasteiger charge is -2.25. The Morgan fingerprint density at radius 1 is 1.47 bits per heavy atom. The molecule has 1 atom stereocenters. The first-order valence-electron chi connectivity index (χ1n) is 5.70. The summed E-state index contributed by atoms with van der Waals surface area (Å²) in [6, 6.07) is 3.13. The molecule has 1 aromatic rings. The highest BCUT2D eigenvalue weighted by molar-refractivity contribution is 6.31. The Balaban J connectivity index is 2.13.